The molecule has 2 nitrogen and oxygen atoms in total. The Morgan fingerprint density at radius 2 is 1.88 bits per heavy atom. The highest BCUT2D eigenvalue weighted by Gasteiger charge is 2.08. The van der Waals surface area contributed by atoms with Gasteiger partial charge in [0.25, 0.3) is 0 Å². The Labute approximate surface area is 98.7 Å². The standard InChI is InChI=1S/C14H23NO/c1-12(2)7-6-10-15-14(11-16)13-8-4-3-5-9-13/h3-5,8-9,12,14-16H,6-7,10-11H2,1-2H3. The number of hydrogen-bond donors (Lipinski definition) is 2. The molecule has 1 aromatic carbocycles. The second-order valence-corrected chi connectivity index (χ2v) is 4.64. The van der Waals surface area contributed by atoms with Gasteiger partial charge in [0.15, 0.2) is 0 Å². The SMILES string of the molecule is CC(C)CCCNC(CO)c1ccccc1. The van der Waals surface area contributed by atoms with Gasteiger partial charge in [0.05, 0.1) is 12.6 Å². The van der Waals surface area contributed by atoms with Crippen molar-refractivity contribution in [1.82, 2.24) is 5.32 Å². The summed E-state index contributed by atoms with van der Waals surface area (Å²) in [6.07, 6.45) is 2.40. The Hall–Kier alpha value is -0.860. The van der Waals surface area contributed by atoms with Crippen molar-refractivity contribution >= 4 is 0 Å². The van der Waals surface area contributed by atoms with Gasteiger partial charge < -0.3 is 10.4 Å². The van der Waals surface area contributed by atoms with Gasteiger partial charge in [-0.15, -0.1) is 0 Å². The number of aliphatic hydroxyl groups is 1. The van der Waals surface area contributed by atoms with Gasteiger partial charge in [-0.1, -0.05) is 44.2 Å². The molecule has 90 valence electrons. The first-order valence-corrected chi connectivity index (χ1v) is 6.13. The summed E-state index contributed by atoms with van der Waals surface area (Å²) in [4.78, 5) is 0. The molecule has 2 N–H and O–H groups in total. The minimum atomic E-state index is 0.0772. The molecule has 1 atom stereocenters. The lowest BCUT2D eigenvalue weighted by molar-refractivity contribution is 0.243. The van der Waals surface area contributed by atoms with E-state index in [1.54, 1.807) is 0 Å². The topological polar surface area (TPSA) is 32.3 Å². The Bertz CT molecular complexity index is 271. The van der Waals surface area contributed by atoms with Gasteiger partial charge in [-0.3, -0.25) is 0 Å². The monoisotopic (exact) mass is 221 g/mol. The molecule has 0 bridgehead atoms. The number of hydrogen-bond acceptors (Lipinski definition) is 2. The molecule has 0 aliphatic carbocycles. The third kappa shape index (κ3) is 4.77. The van der Waals surface area contributed by atoms with Gasteiger partial charge in [-0.2, -0.15) is 0 Å². The molecular formula is C14H23NO. The van der Waals surface area contributed by atoms with Crippen LogP contribution in [0.15, 0.2) is 30.3 Å². The Balaban J connectivity index is 2.33. The molecule has 0 aromatic heterocycles. The fraction of sp³-hybridized carbons (Fsp3) is 0.571. The van der Waals surface area contributed by atoms with Gasteiger partial charge >= 0.3 is 0 Å². The lowest BCUT2D eigenvalue weighted by atomic mass is 10.1. The van der Waals surface area contributed by atoms with Crippen molar-refractivity contribution in [3.05, 3.63) is 35.9 Å². The average Bonchev–Trinajstić information content (AvgIpc) is 2.30. The van der Waals surface area contributed by atoms with Crippen molar-refractivity contribution in [2.45, 2.75) is 32.7 Å². The van der Waals surface area contributed by atoms with E-state index in [0.717, 1.165) is 18.0 Å². The lowest BCUT2D eigenvalue weighted by Gasteiger charge is -2.16. The molecule has 1 unspecified atom stereocenters. The molecule has 0 saturated heterocycles. The molecule has 0 amide bonds. The summed E-state index contributed by atoms with van der Waals surface area (Å²) in [5.41, 5.74) is 1.16. The quantitative estimate of drug-likeness (QED) is 0.694. The Kier molecular flexibility index (Phi) is 6.12. The van der Waals surface area contributed by atoms with E-state index in [4.69, 9.17) is 0 Å². The van der Waals surface area contributed by atoms with E-state index in [1.807, 2.05) is 18.2 Å². The molecule has 0 aliphatic heterocycles. The highest BCUT2D eigenvalue weighted by atomic mass is 16.3. The first-order valence-electron chi connectivity index (χ1n) is 6.13. The molecule has 0 radical (unpaired) electrons. The zero-order valence-corrected chi connectivity index (χ0v) is 10.3. The summed E-state index contributed by atoms with van der Waals surface area (Å²) < 4.78 is 0. The highest BCUT2D eigenvalue weighted by molar-refractivity contribution is 5.18. The molecular weight excluding hydrogens is 198 g/mol. The minimum absolute atomic E-state index is 0.0772. The average molecular weight is 221 g/mol. The summed E-state index contributed by atoms with van der Waals surface area (Å²) in [5, 5.41) is 12.7. The van der Waals surface area contributed by atoms with Crippen LogP contribution in [0.5, 0.6) is 0 Å². The van der Waals surface area contributed by atoms with E-state index >= 15 is 0 Å². The summed E-state index contributed by atoms with van der Waals surface area (Å²) >= 11 is 0. The van der Waals surface area contributed by atoms with E-state index in [1.165, 1.54) is 12.8 Å². The smallest absolute Gasteiger partial charge is 0.0626 e. The zero-order chi connectivity index (χ0) is 11.8. The fourth-order valence-electron chi connectivity index (χ4n) is 1.76. The van der Waals surface area contributed by atoms with E-state index < -0.39 is 0 Å². The van der Waals surface area contributed by atoms with Gasteiger partial charge in [-0.25, -0.2) is 0 Å². The predicted octanol–water partition coefficient (Wildman–Crippen LogP) is 2.75. The molecule has 0 aliphatic rings. The second kappa shape index (κ2) is 7.42. The maximum atomic E-state index is 9.33. The summed E-state index contributed by atoms with van der Waals surface area (Å²) in [5.74, 6) is 0.756. The highest BCUT2D eigenvalue weighted by Crippen LogP contribution is 2.12. The van der Waals surface area contributed by atoms with Crippen molar-refractivity contribution in [3.8, 4) is 0 Å². The van der Waals surface area contributed by atoms with E-state index in [2.05, 4.69) is 31.3 Å². The van der Waals surface area contributed by atoms with Crippen LogP contribution in [0.4, 0.5) is 0 Å². The number of rotatable bonds is 7. The fourth-order valence-corrected chi connectivity index (χ4v) is 1.76. The van der Waals surface area contributed by atoms with Gasteiger partial charge in [0, 0.05) is 0 Å². The van der Waals surface area contributed by atoms with Gasteiger partial charge in [-0.05, 0) is 30.9 Å². The second-order valence-electron chi connectivity index (χ2n) is 4.64. The minimum Gasteiger partial charge on any atom is -0.394 e. The molecule has 16 heavy (non-hydrogen) atoms. The lowest BCUT2D eigenvalue weighted by Crippen LogP contribution is -2.25. The number of nitrogens with one attached hydrogen (secondary N) is 1. The van der Waals surface area contributed by atoms with Crippen LogP contribution in [0.25, 0.3) is 0 Å². The Morgan fingerprint density at radius 3 is 2.44 bits per heavy atom. The van der Waals surface area contributed by atoms with Crippen molar-refractivity contribution in [2.24, 2.45) is 5.92 Å². The molecule has 0 saturated carbocycles. The summed E-state index contributed by atoms with van der Waals surface area (Å²) in [7, 11) is 0. The van der Waals surface area contributed by atoms with Crippen molar-refractivity contribution in [1.29, 1.82) is 0 Å². The zero-order valence-electron chi connectivity index (χ0n) is 10.3. The molecule has 0 fully saturated rings. The molecule has 2 heteroatoms. The number of benzene rings is 1. The van der Waals surface area contributed by atoms with Crippen LogP contribution in [0.3, 0.4) is 0 Å². The molecule has 1 rings (SSSR count). The van der Waals surface area contributed by atoms with E-state index in [-0.39, 0.29) is 12.6 Å². The summed E-state index contributed by atoms with van der Waals surface area (Å²) in [6.45, 7) is 5.60. The first kappa shape index (κ1) is 13.2. The third-order valence-electron chi connectivity index (χ3n) is 2.73. The van der Waals surface area contributed by atoms with Crippen molar-refractivity contribution in [2.75, 3.05) is 13.2 Å². The number of aliphatic hydroxyl groups excluding tert-OH is 1. The van der Waals surface area contributed by atoms with Crippen LogP contribution in [0.1, 0.15) is 38.3 Å². The van der Waals surface area contributed by atoms with Crippen LogP contribution in [-0.2, 0) is 0 Å². The largest absolute Gasteiger partial charge is 0.394 e. The van der Waals surface area contributed by atoms with Crippen LogP contribution in [-0.4, -0.2) is 18.3 Å². The van der Waals surface area contributed by atoms with Crippen LogP contribution < -0.4 is 5.32 Å². The van der Waals surface area contributed by atoms with E-state index in [0.29, 0.717) is 0 Å². The molecule has 1 aromatic rings. The normalized spacial score (nSPS) is 13.0. The molecule has 0 heterocycles. The van der Waals surface area contributed by atoms with E-state index in [9.17, 15) is 5.11 Å². The first-order chi connectivity index (χ1) is 7.74. The summed E-state index contributed by atoms with van der Waals surface area (Å²) in [6, 6.07) is 10.2. The van der Waals surface area contributed by atoms with Crippen LogP contribution in [0, 0.1) is 5.92 Å². The maximum Gasteiger partial charge on any atom is 0.0626 e. The van der Waals surface area contributed by atoms with Gasteiger partial charge in [0.2, 0.25) is 0 Å². The van der Waals surface area contributed by atoms with Crippen molar-refractivity contribution in [3.63, 3.8) is 0 Å². The van der Waals surface area contributed by atoms with Crippen LogP contribution in [0.2, 0.25) is 0 Å². The maximum absolute atomic E-state index is 9.33. The van der Waals surface area contributed by atoms with Gasteiger partial charge in [0.1, 0.15) is 0 Å². The third-order valence-corrected chi connectivity index (χ3v) is 2.73. The predicted molar refractivity (Wildman–Crippen MR) is 68.3 cm³/mol. The Morgan fingerprint density at radius 1 is 1.19 bits per heavy atom. The molecule has 0 spiro atoms. The van der Waals surface area contributed by atoms with Crippen LogP contribution >= 0.6 is 0 Å². The van der Waals surface area contributed by atoms with Crippen molar-refractivity contribution < 1.29 is 5.11 Å².